The molecule has 1 saturated heterocycles. The van der Waals surface area contributed by atoms with Gasteiger partial charge in [0.1, 0.15) is 0 Å². The van der Waals surface area contributed by atoms with Gasteiger partial charge >= 0.3 is 0 Å². The van der Waals surface area contributed by atoms with Crippen LogP contribution in [0.1, 0.15) is 13.3 Å². The summed E-state index contributed by atoms with van der Waals surface area (Å²) in [6.45, 7) is 3.14. The van der Waals surface area contributed by atoms with Gasteiger partial charge in [-0.2, -0.15) is 0 Å². The van der Waals surface area contributed by atoms with Gasteiger partial charge in [-0.25, -0.2) is 5.06 Å². The number of hydrogen-bond donors (Lipinski definition) is 1. The number of amides is 1. The molecule has 0 radical (unpaired) electrons. The molecule has 4 nitrogen and oxygen atoms in total. The second kappa shape index (κ2) is 3.69. The first-order valence-corrected chi connectivity index (χ1v) is 3.91. The van der Waals surface area contributed by atoms with E-state index in [9.17, 15) is 4.79 Å². The van der Waals surface area contributed by atoms with Crippen LogP contribution < -0.4 is 5.32 Å². The van der Waals surface area contributed by atoms with Crippen molar-refractivity contribution in [1.82, 2.24) is 10.4 Å². The highest BCUT2D eigenvalue weighted by molar-refractivity contribution is 5.82. The molecule has 1 aliphatic heterocycles. The number of likely N-dealkylation sites (N-methyl/N-ethyl adjacent to an activating group) is 1. The minimum atomic E-state index is -0.0402. The lowest BCUT2D eigenvalue weighted by molar-refractivity contribution is -0.176. The first-order valence-electron chi connectivity index (χ1n) is 3.91. The fraction of sp³-hybridized carbons (Fsp3) is 0.857. The lowest BCUT2D eigenvalue weighted by Gasteiger charge is -2.14. The van der Waals surface area contributed by atoms with Crippen LogP contribution in [0.25, 0.3) is 0 Å². The van der Waals surface area contributed by atoms with Crippen LogP contribution in [0.15, 0.2) is 0 Å². The topological polar surface area (TPSA) is 41.6 Å². The Hall–Kier alpha value is -0.610. The standard InChI is InChI=1S/C7H14N2O2/c1-3-11-9-5-4-6(8-2)7(9)10/h6,8H,3-5H2,1-2H3. The monoisotopic (exact) mass is 158 g/mol. The average Bonchev–Trinajstić information content (AvgIpc) is 2.34. The van der Waals surface area contributed by atoms with Crippen LogP contribution in [0, 0.1) is 0 Å². The summed E-state index contributed by atoms with van der Waals surface area (Å²) >= 11 is 0. The highest BCUT2D eigenvalue weighted by Gasteiger charge is 2.30. The van der Waals surface area contributed by atoms with Gasteiger partial charge in [-0.15, -0.1) is 0 Å². The van der Waals surface area contributed by atoms with Crippen LogP contribution in [-0.2, 0) is 9.63 Å². The zero-order chi connectivity index (χ0) is 8.27. The second-order valence-electron chi connectivity index (χ2n) is 2.49. The van der Waals surface area contributed by atoms with E-state index in [1.807, 2.05) is 6.92 Å². The fourth-order valence-corrected chi connectivity index (χ4v) is 1.21. The van der Waals surface area contributed by atoms with Crippen LogP contribution >= 0.6 is 0 Å². The Balaban J connectivity index is 2.42. The molecule has 64 valence electrons. The molecule has 1 amide bonds. The van der Waals surface area contributed by atoms with Gasteiger partial charge in [0, 0.05) is 0 Å². The maximum Gasteiger partial charge on any atom is 0.263 e. The molecule has 1 atom stereocenters. The molecule has 1 rings (SSSR count). The van der Waals surface area contributed by atoms with E-state index in [0.717, 1.165) is 6.42 Å². The number of hydrogen-bond acceptors (Lipinski definition) is 3. The number of hydroxylamine groups is 2. The highest BCUT2D eigenvalue weighted by atomic mass is 16.7. The Morgan fingerprint density at radius 3 is 3.00 bits per heavy atom. The molecule has 1 aliphatic rings. The molecule has 0 spiro atoms. The zero-order valence-corrected chi connectivity index (χ0v) is 6.96. The van der Waals surface area contributed by atoms with E-state index in [1.54, 1.807) is 7.05 Å². The molecule has 1 N–H and O–H groups in total. The van der Waals surface area contributed by atoms with Crippen molar-refractivity contribution >= 4 is 5.91 Å². The summed E-state index contributed by atoms with van der Waals surface area (Å²) in [6, 6.07) is -0.0402. The van der Waals surface area contributed by atoms with E-state index < -0.39 is 0 Å². The third-order valence-corrected chi connectivity index (χ3v) is 1.80. The van der Waals surface area contributed by atoms with Crippen molar-refractivity contribution in [3.63, 3.8) is 0 Å². The summed E-state index contributed by atoms with van der Waals surface area (Å²) in [6.07, 6.45) is 0.843. The predicted molar refractivity (Wildman–Crippen MR) is 40.8 cm³/mol. The summed E-state index contributed by atoms with van der Waals surface area (Å²) in [4.78, 5) is 16.4. The van der Waals surface area contributed by atoms with E-state index in [-0.39, 0.29) is 11.9 Å². The van der Waals surface area contributed by atoms with Crippen molar-refractivity contribution in [1.29, 1.82) is 0 Å². The molecule has 0 bridgehead atoms. The third kappa shape index (κ3) is 1.70. The van der Waals surface area contributed by atoms with Gasteiger partial charge in [0.25, 0.3) is 5.91 Å². The van der Waals surface area contributed by atoms with Crippen LogP contribution in [0.3, 0.4) is 0 Å². The fourth-order valence-electron chi connectivity index (χ4n) is 1.21. The molecular weight excluding hydrogens is 144 g/mol. The minimum absolute atomic E-state index is 0.0402. The van der Waals surface area contributed by atoms with E-state index in [2.05, 4.69) is 5.32 Å². The molecule has 1 fully saturated rings. The predicted octanol–water partition coefficient (Wildman–Crippen LogP) is -0.242. The van der Waals surface area contributed by atoms with Crippen molar-refractivity contribution in [3.05, 3.63) is 0 Å². The first-order chi connectivity index (χ1) is 5.29. The van der Waals surface area contributed by atoms with E-state index >= 15 is 0 Å². The first kappa shape index (κ1) is 8.49. The van der Waals surface area contributed by atoms with Gasteiger partial charge in [-0.3, -0.25) is 9.63 Å². The molecule has 0 aliphatic carbocycles. The Morgan fingerprint density at radius 2 is 2.55 bits per heavy atom. The van der Waals surface area contributed by atoms with Crippen molar-refractivity contribution in [2.45, 2.75) is 19.4 Å². The summed E-state index contributed by atoms with van der Waals surface area (Å²) in [5, 5.41) is 4.36. The van der Waals surface area contributed by atoms with E-state index in [1.165, 1.54) is 5.06 Å². The largest absolute Gasteiger partial charge is 0.309 e. The Bertz CT molecular complexity index is 149. The number of carbonyl (C=O) groups is 1. The minimum Gasteiger partial charge on any atom is -0.309 e. The van der Waals surface area contributed by atoms with Crippen LogP contribution in [0.4, 0.5) is 0 Å². The van der Waals surface area contributed by atoms with Gasteiger partial charge in [-0.05, 0) is 20.4 Å². The lowest BCUT2D eigenvalue weighted by Crippen LogP contribution is -2.36. The number of rotatable bonds is 3. The average molecular weight is 158 g/mol. The maximum absolute atomic E-state index is 11.3. The Kier molecular flexibility index (Phi) is 2.84. The number of carbonyl (C=O) groups excluding carboxylic acids is 1. The molecular formula is C7H14N2O2. The summed E-state index contributed by atoms with van der Waals surface area (Å²) in [5.74, 6) is 0.0503. The molecule has 4 heteroatoms. The number of nitrogens with one attached hydrogen (secondary N) is 1. The van der Waals surface area contributed by atoms with E-state index in [0.29, 0.717) is 13.2 Å². The van der Waals surface area contributed by atoms with Crippen LogP contribution in [-0.4, -0.2) is 37.2 Å². The lowest BCUT2D eigenvalue weighted by atomic mass is 10.3. The summed E-state index contributed by atoms with van der Waals surface area (Å²) < 4.78 is 0. The molecule has 11 heavy (non-hydrogen) atoms. The number of nitrogens with zero attached hydrogens (tertiary/aromatic N) is 1. The third-order valence-electron chi connectivity index (χ3n) is 1.80. The molecule has 0 aromatic rings. The van der Waals surface area contributed by atoms with Crippen molar-refractivity contribution in [2.24, 2.45) is 0 Å². The van der Waals surface area contributed by atoms with Gasteiger partial charge in [0.05, 0.1) is 19.2 Å². The SMILES string of the molecule is CCON1CCC(NC)C1=O. The molecule has 1 heterocycles. The van der Waals surface area contributed by atoms with E-state index in [4.69, 9.17) is 4.84 Å². The van der Waals surface area contributed by atoms with Gasteiger partial charge in [-0.1, -0.05) is 0 Å². The van der Waals surface area contributed by atoms with Crippen LogP contribution in [0.5, 0.6) is 0 Å². The second-order valence-corrected chi connectivity index (χ2v) is 2.49. The highest BCUT2D eigenvalue weighted by Crippen LogP contribution is 2.10. The van der Waals surface area contributed by atoms with Crippen molar-refractivity contribution in [3.8, 4) is 0 Å². The van der Waals surface area contributed by atoms with Crippen molar-refractivity contribution in [2.75, 3.05) is 20.2 Å². The smallest absolute Gasteiger partial charge is 0.263 e. The molecule has 0 aromatic carbocycles. The normalized spacial score (nSPS) is 24.7. The Morgan fingerprint density at radius 1 is 1.82 bits per heavy atom. The summed E-state index contributed by atoms with van der Waals surface area (Å²) in [5.41, 5.74) is 0. The molecule has 0 aromatic heterocycles. The maximum atomic E-state index is 11.3. The Labute approximate surface area is 66.5 Å². The van der Waals surface area contributed by atoms with Crippen molar-refractivity contribution < 1.29 is 9.63 Å². The zero-order valence-electron chi connectivity index (χ0n) is 6.96. The molecule has 0 saturated carbocycles. The quantitative estimate of drug-likeness (QED) is 0.616. The van der Waals surface area contributed by atoms with Crippen LogP contribution in [0.2, 0.25) is 0 Å². The summed E-state index contributed by atoms with van der Waals surface area (Å²) in [7, 11) is 1.79. The molecule has 1 unspecified atom stereocenters. The van der Waals surface area contributed by atoms with Gasteiger partial charge in [0.15, 0.2) is 0 Å². The van der Waals surface area contributed by atoms with Gasteiger partial charge in [0.2, 0.25) is 0 Å². The van der Waals surface area contributed by atoms with Gasteiger partial charge < -0.3 is 5.32 Å².